The van der Waals surface area contributed by atoms with E-state index in [9.17, 15) is 14.0 Å². The standard InChI is InChI=1S/C30H30ClFN2O3/c1-5-23(24-8-6-7-9-25(24)26-11-10-18(2)14-27(26)32)28(31)34-13-12-20(15-19(34)3)29(35)33-22-16-21(17-22)30(36)37-4/h6-15,21-22H,3,5,16-17H2,1-2,4H3,(H,33,35)/b28-23+. The topological polar surface area (TPSA) is 58.6 Å². The number of hydrogen-bond acceptors (Lipinski definition) is 4. The van der Waals surface area contributed by atoms with Crippen molar-refractivity contribution in [1.82, 2.24) is 10.2 Å². The molecule has 0 spiro atoms. The fraction of sp³-hybridized carbons (Fsp3) is 0.267. The molecule has 0 aromatic heterocycles. The Hall–Kier alpha value is -3.64. The molecular weight excluding hydrogens is 491 g/mol. The van der Waals surface area contributed by atoms with Crippen molar-refractivity contribution in [3.8, 4) is 11.1 Å². The zero-order valence-corrected chi connectivity index (χ0v) is 21.9. The SMILES string of the molecule is C=C1C=C(C(=O)NC2CC(C(=O)OC)C2)C=CN1/C(Cl)=C(\CC)c1ccccc1-c1ccc(C)cc1F. The first-order valence-corrected chi connectivity index (χ1v) is 12.6. The zero-order valence-electron chi connectivity index (χ0n) is 21.2. The summed E-state index contributed by atoms with van der Waals surface area (Å²) in [5.74, 6) is -0.930. The summed E-state index contributed by atoms with van der Waals surface area (Å²) in [4.78, 5) is 26.0. The third kappa shape index (κ3) is 5.54. The molecule has 1 N–H and O–H groups in total. The summed E-state index contributed by atoms with van der Waals surface area (Å²) >= 11 is 6.91. The number of amides is 1. The minimum absolute atomic E-state index is 0.0638. The van der Waals surface area contributed by atoms with Gasteiger partial charge < -0.3 is 15.0 Å². The van der Waals surface area contributed by atoms with Crippen LogP contribution >= 0.6 is 11.6 Å². The monoisotopic (exact) mass is 520 g/mol. The first-order valence-electron chi connectivity index (χ1n) is 12.2. The molecule has 1 aliphatic heterocycles. The fourth-order valence-electron chi connectivity index (χ4n) is 4.66. The van der Waals surface area contributed by atoms with E-state index >= 15 is 0 Å². The van der Waals surface area contributed by atoms with Crippen molar-refractivity contribution in [2.24, 2.45) is 5.92 Å². The zero-order chi connectivity index (χ0) is 26.7. The number of methoxy groups -OCH3 is 1. The van der Waals surface area contributed by atoms with E-state index in [0.717, 1.165) is 22.3 Å². The Balaban J connectivity index is 1.54. The predicted octanol–water partition coefficient (Wildman–Crippen LogP) is 6.46. The molecular formula is C30H30ClFN2O3. The van der Waals surface area contributed by atoms with Crippen LogP contribution in [0.2, 0.25) is 0 Å². The van der Waals surface area contributed by atoms with Gasteiger partial charge in [-0.2, -0.15) is 0 Å². The largest absolute Gasteiger partial charge is 0.469 e. The highest BCUT2D eigenvalue weighted by atomic mass is 35.5. The van der Waals surface area contributed by atoms with Crippen molar-refractivity contribution in [1.29, 1.82) is 0 Å². The summed E-state index contributed by atoms with van der Waals surface area (Å²) in [5, 5.41) is 3.38. The lowest BCUT2D eigenvalue weighted by atomic mass is 9.80. The molecule has 1 heterocycles. The number of esters is 1. The Labute approximate surface area is 222 Å². The Morgan fingerprint density at radius 3 is 2.57 bits per heavy atom. The summed E-state index contributed by atoms with van der Waals surface area (Å²) in [6, 6.07) is 12.7. The molecule has 0 radical (unpaired) electrons. The van der Waals surface area contributed by atoms with Gasteiger partial charge in [0.2, 0.25) is 0 Å². The lowest BCUT2D eigenvalue weighted by Crippen LogP contribution is -2.47. The minimum atomic E-state index is -0.288. The van der Waals surface area contributed by atoms with Crippen LogP contribution < -0.4 is 5.32 Å². The van der Waals surface area contributed by atoms with Crippen molar-refractivity contribution in [2.75, 3.05) is 7.11 Å². The van der Waals surface area contributed by atoms with Crippen LogP contribution in [0.1, 0.15) is 37.3 Å². The number of halogens is 2. The number of carbonyl (C=O) groups is 2. The van der Waals surface area contributed by atoms with Gasteiger partial charge in [0.15, 0.2) is 0 Å². The smallest absolute Gasteiger partial charge is 0.308 e. The van der Waals surface area contributed by atoms with E-state index in [2.05, 4.69) is 11.9 Å². The van der Waals surface area contributed by atoms with Gasteiger partial charge in [-0.1, -0.05) is 61.5 Å². The molecule has 1 amide bonds. The van der Waals surface area contributed by atoms with Crippen LogP contribution in [0.25, 0.3) is 16.7 Å². The van der Waals surface area contributed by atoms with Crippen LogP contribution in [-0.2, 0) is 14.3 Å². The van der Waals surface area contributed by atoms with Gasteiger partial charge in [0.25, 0.3) is 5.91 Å². The summed E-state index contributed by atoms with van der Waals surface area (Å²) in [5.41, 5.74) is 4.75. The number of nitrogens with one attached hydrogen (secondary N) is 1. The van der Waals surface area contributed by atoms with Crippen molar-refractivity contribution >= 4 is 29.1 Å². The summed E-state index contributed by atoms with van der Waals surface area (Å²) < 4.78 is 19.6. The Bertz CT molecular complexity index is 1340. The van der Waals surface area contributed by atoms with Gasteiger partial charge in [-0.05, 0) is 66.7 Å². The molecule has 192 valence electrons. The first-order chi connectivity index (χ1) is 17.7. The first kappa shape index (κ1) is 26.4. The number of allylic oxidation sites excluding steroid dienone is 2. The average molecular weight is 521 g/mol. The van der Waals surface area contributed by atoms with Gasteiger partial charge in [-0.25, -0.2) is 4.39 Å². The quantitative estimate of drug-likeness (QED) is 0.336. The van der Waals surface area contributed by atoms with E-state index in [4.69, 9.17) is 16.3 Å². The Kier molecular flexibility index (Phi) is 7.98. The molecule has 2 aliphatic rings. The molecule has 0 unspecified atom stereocenters. The summed E-state index contributed by atoms with van der Waals surface area (Å²) in [6.07, 6.45) is 6.80. The van der Waals surface area contributed by atoms with Gasteiger partial charge >= 0.3 is 5.97 Å². The number of benzene rings is 2. The number of rotatable bonds is 7. The highest BCUT2D eigenvalue weighted by Gasteiger charge is 2.36. The van der Waals surface area contributed by atoms with E-state index < -0.39 is 0 Å². The average Bonchev–Trinajstić information content (AvgIpc) is 2.86. The van der Waals surface area contributed by atoms with E-state index in [1.54, 1.807) is 29.3 Å². The maximum Gasteiger partial charge on any atom is 0.308 e. The van der Waals surface area contributed by atoms with E-state index in [0.29, 0.717) is 41.3 Å². The maximum atomic E-state index is 14.9. The lowest BCUT2D eigenvalue weighted by Gasteiger charge is -2.34. The summed E-state index contributed by atoms with van der Waals surface area (Å²) in [6.45, 7) is 7.95. The lowest BCUT2D eigenvalue weighted by molar-refractivity contribution is -0.149. The molecule has 4 rings (SSSR count). The second-order valence-corrected chi connectivity index (χ2v) is 9.65. The molecule has 1 aliphatic carbocycles. The van der Waals surface area contributed by atoms with Crippen LogP contribution in [0, 0.1) is 18.7 Å². The Morgan fingerprint density at radius 1 is 1.19 bits per heavy atom. The summed E-state index contributed by atoms with van der Waals surface area (Å²) in [7, 11) is 1.37. The highest BCUT2D eigenvalue weighted by Crippen LogP contribution is 2.37. The van der Waals surface area contributed by atoms with E-state index in [-0.39, 0.29) is 29.7 Å². The molecule has 0 saturated heterocycles. The predicted molar refractivity (Wildman–Crippen MR) is 145 cm³/mol. The molecule has 2 aromatic rings. The second-order valence-electron chi connectivity index (χ2n) is 9.29. The van der Waals surface area contributed by atoms with Crippen LogP contribution in [0.15, 0.2) is 83.8 Å². The molecule has 0 bridgehead atoms. The number of nitrogens with zero attached hydrogens (tertiary/aromatic N) is 1. The van der Waals surface area contributed by atoms with Crippen molar-refractivity contribution in [3.63, 3.8) is 0 Å². The van der Waals surface area contributed by atoms with Crippen molar-refractivity contribution in [2.45, 2.75) is 39.2 Å². The van der Waals surface area contributed by atoms with Gasteiger partial charge in [-0.3, -0.25) is 9.59 Å². The van der Waals surface area contributed by atoms with E-state index in [1.807, 2.05) is 44.2 Å². The third-order valence-corrected chi connectivity index (χ3v) is 7.20. The normalized spacial score (nSPS) is 19.5. The third-order valence-electron chi connectivity index (χ3n) is 6.79. The molecule has 7 heteroatoms. The molecule has 1 fully saturated rings. The molecule has 5 nitrogen and oxygen atoms in total. The number of carbonyl (C=O) groups excluding carboxylic acids is 2. The van der Waals surface area contributed by atoms with Gasteiger partial charge in [0.05, 0.1) is 13.0 Å². The maximum absolute atomic E-state index is 14.9. The van der Waals surface area contributed by atoms with Crippen LogP contribution in [0.3, 0.4) is 0 Å². The molecule has 0 atom stereocenters. The van der Waals surface area contributed by atoms with Crippen LogP contribution in [-0.4, -0.2) is 29.9 Å². The Morgan fingerprint density at radius 2 is 1.92 bits per heavy atom. The van der Waals surface area contributed by atoms with Crippen molar-refractivity contribution in [3.05, 3.63) is 101 Å². The highest BCUT2D eigenvalue weighted by molar-refractivity contribution is 6.32. The number of hydrogen-bond donors (Lipinski definition) is 1. The second kappa shape index (κ2) is 11.2. The number of ether oxygens (including phenoxy) is 1. The molecule has 1 saturated carbocycles. The number of aryl methyl sites for hydroxylation is 1. The van der Waals surface area contributed by atoms with Crippen LogP contribution in [0.4, 0.5) is 4.39 Å². The van der Waals surface area contributed by atoms with Crippen molar-refractivity contribution < 1.29 is 18.7 Å². The molecule has 37 heavy (non-hydrogen) atoms. The van der Waals surface area contributed by atoms with Gasteiger partial charge in [0.1, 0.15) is 11.0 Å². The van der Waals surface area contributed by atoms with Crippen LogP contribution in [0.5, 0.6) is 0 Å². The van der Waals surface area contributed by atoms with Gasteiger partial charge in [-0.15, -0.1) is 0 Å². The minimum Gasteiger partial charge on any atom is -0.469 e. The van der Waals surface area contributed by atoms with E-state index in [1.165, 1.54) is 13.2 Å². The molecule has 2 aromatic carbocycles. The fourth-order valence-corrected chi connectivity index (χ4v) is 5.06. The van der Waals surface area contributed by atoms with Gasteiger partial charge in [0, 0.05) is 29.1 Å².